The van der Waals surface area contributed by atoms with Crippen molar-refractivity contribution in [3.8, 4) is 0 Å². The van der Waals surface area contributed by atoms with E-state index in [1.54, 1.807) is 24.3 Å². The van der Waals surface area contributed by atoms with E-state index in [-0.39, 0.29) is 11.4 Å². The van der Waals surface area contributed by atoms with Gasteiger partial charge in [-0.2, -0.15) is 0 Å². The predicted octanol–water partition coefficient (Wildman–Crippen LogP) is 4.15. The number of halogens is 2. The highest BCUT2D eigenvalue weighted by Crippen LogP contribution is 2.19. The highest BCUT2D eigenvalue weighted by molar-refractivity contribution is 7.90. The average molecular weight is 356 g/mol. The van der Waals surface area contributed by atoms with Crippen molar-refractivity contribution in [2.75, 3.05) is 6.54 Å². The topological polar surface area (TPSA) is 37.4 Å². The van der Waals surface area contributed by atoms with Gasteiger partial charge in [-0.05, 0) is 29.5 Å². The van der Waals surface area contributed by atoms with Gasteiger partial charge < -0.3 is 0 Å². The highest BCUT2D eigenvalue weighted by Gasteiger charge is 2.24. The fourth-order valence-corrected chi connectivity index (χ4v) is 3.62. The molecule has 0 bridgehead atoms. The molecule has 0 aliphatic carbocycles. The van der Waals surface area contributed by atoms with Crippen LogP contribution in [0.3, 0.4) is 0 Å². The lowest BCUT2D eigenvalue weighted by Gasteiger charge is -2.15. The molecule has 2 rings (SSSR count). The van der Waals surface area contributed by atoms with Gasteiger partial charge in [0.05, 0.1) is 16.8 Å². The van der Waals surface area contributed by atoms with Crippen molar-refractivity contribution >= 4 is 39.5 Å². The van der Waals surface area contributed by atoms with Crippen LogP contribution < -0.4 is 0 Å². The second-order valence-corrected chi connectivity index (χ2v) is 7.61. The molecule has 0 fully saturated rings. The first kappa shape index (κ1) is 17.0. The number of hydrogen-bond acceptors (Lipinski definition) is 2. The SMILES string of the molecule is O=S(=O)(c1ccccc1)N(Cl)CC(Cl)/C=C/c1ccccc1. The maximum Gasteiger partial charge on any atom is 0.256 e. The van der Waals surface area contributed by atoms with Gasteiger partial charge in [0, 0.05) is 0 Å². The van der Waals surface area contributed by atoms with Crippen LogP contribution in [0.4, 0.5) is 0 Å². The van der Waals surface area contributed by atoms with Gasteiger partial charge in [0.15, 0.2) is 0 Å². The zero-order valence-electron chi connectivity index (χ0n) is 11.6. The molecule has 0 N–H and O–H groups in total. The molecule has 116 valence electrons. The van der Waals surface area contributed by atoms with Gasteiger partial charge in [-0.1, -0.05) is 60.7 Å². The minimum atomic E-state index is -3.74. The summed E-state index contributed by atoms with van der Waals surface area (Å²) in [6.45, 7) is -0.0241. The van der Waals surface area contributed by atoms with E-state index in [1.165, 1.54) is 12.1 Å². The van der Waals surface area contributed by atoms with Gasteiger partial charge in [0.1, 0.15) is 0 Å². The lowest BCUT2D eigenvalue weighted by atomic mass is 10.2. The summed E-state index contributed by atoms with van der Waals surface area (Å²) in [5, 5.41) is -0.531. The average Bonchev–Trinajstić information content (AvgIpc) is 2.54. The minimum absolute atomic E-state index is 0.0241. The molecule has 2 aromatic rings. The van der Waals surface area contributed by atoms with Gasteiger partial charge in [-0.15, -0.1) is 15.4 Å². The molecule has 1 atom stereocenters. The number of rotatable bonds is 6. The van der Waals surface area contributed by atoms with Crippen molar-refractivity contribution < 1.29 is 8.42 Å². The van der Waals surface area contributed by atoms with Crippen LogP contribution in [-0.2, 0) is 10.0 Å². The van der Waals surface area contributed by atoms with Crippen molar-refractivity contribution in [3.63, 3.8) is 0 Å². The number of hydrogen-bond donors (Lipinski definition) is 0. The smallest absolute Gasteiger partial charge is 0.206 e. The van der Waals surface area contributed by atoms with Crippen LogP contribution in [-0.4, -0.2) is 24.2 Å². The first-order valence-electron chi connectivity index (χ1n) is 6.61. The summed E-state index contributed by atoms with van der Waals surface area (Å²) in [7, 11) is -3.74. The summed E-state index contributed by atoms with van der Waals surface area (Å²) in [6, 6.07) is 17.6. The van der Waals surface area contributed by atoms with Crippen LogP contribution in [0.1, 0.15) is 5.56 Å². The van der Waals surface area contributed by atoms with Gasteiger partial charge in [0.2, 0.25) is 0 Å². The first-order chi connectivity index (χ1) is 10.5. The fourth-order valence-electron chi connectivity index (χ4n) is 1.78. The van der Waals surface area contributed by atoms with Crippen molar-refractivity contribution in [2.45, 2.75) is 10.3 Å². The van der Waals surface area contributed by atoms with Crippen LogP contribution in [0.2, 0.25) is 0 Å². The van der Waals surface area contributed by atoms with E-state index in [0.717, 1.165) is 9.39 Å². The van der Waals surface area contributed by atoms with Crippen LogP contribution in [0.25, 0.3) is 6.08 Å². The van der Waals surface area contributed by atoms with Gasteiger partial charge in [0.25, 0.3) is 10.0 Å². The Morgan fingerprint density at radius 3 is 2.14 bits per heavy atom. The van der Waals surface area contributed by atoms with Gasteiger partial charge in [-0.3, -0.25) is 0 Å². The van der Waals surface area contributed by atoms with E-state index < -0.39 is 15.4 Å². The molecule has 0 saturated heterocycles. The fraction of sp³-hybridized carbons (Fsp3) is 0.125. The maximum absolute atomic E-state index is 12.3. The Morgan fingerprint density at radius 1 is 1.00 bits per heavy atom. The molecule has 0 heterocycles. The molecule has 0 aromatic heterocycles. The first-order valence-corrected chi connectivity index (χ1v) is 8.82. The predicted molar refractivity (Wildman–Crippen MR) is 91.3 cm³/mol. The molecular formula is C16H15Cl2NO2S. The van der Waals surface area contributed by atoms with Crippen LogP contribution in [0, 0.1) is 0 Å². The van der Waals surface area contributed by atoms with Crippen molar-refractivity contribution in [1.82, 2.24) is 3.82 Å². The molecule has 3 nitrogen and oxygen atoms in total. The highest BCUT2D eigenvalue weighted by atomic mass is 35.5. The second kappa shape index (κ2) is 7.79. The Kier molecular flexibility index (Phi) is 6.03. The minimum Gasteiger partial charge on any atom is -0.206 e. The third-order valence-corrected chi connectivity index (χ3v) is 5.42. The van der Waals surface area contributed by atoms with E-state index in [1.807, 2.05) is 36.4 Å². The lowest BCUT2D eigenvalue weighted by molar-refractivity contribution is 0.539. The number of alkyl halides is 1. The molecule has 0 amide bonds. The quantitative estimate of drug-likeness (QED) is 0.576. The summed E-state index contributed by atoms with van der Waals surface area (Å²) >= 11 is 12.1. The number of sulfonamides is 1. The molecule has 22 heavy (non-hydrogen) atoms. The molecule has 0 spiro atoms. The molecule has 0 radical (unpaired) electrons. The summed E-state index contributed by atoms with van der Waals surface area (Å²) in [5.41, 5.74) is 0.986. The summed E-state index contributed by atoms with van der Waals surface area (Å²) < 4.78 is 25.3. The second-order valence-electron chi connectivity index (χ2n) is 4.57. The zero-order chi connectivity index (χ0) is 16.0. The molecule has 0 aliphatic heterocycles. The Balaban J connectivity index is 2.02. The van der Waals surface area contributed by atoms with Crippen LogP contribution >= 0.6 is 23.4 Å². The monoisotopic (exact) mass is 355 g/mol. The van der Waals surface area contributed by atoms with E-state index in [4.69, 9.17) is 23.4 Å². The third-order valence-electron chi connectivity index (χ3n) is 2.92. The Labute approximate surface area is 140 Å². The largest absolute Gasteiger partial charge is 0.256 e. The van der Waals surface area contributed by atoms with Crippen LogP contribution in [0.5, 0.6) is 0 Å². The molecule has 6 heteroatoms. The standard InChI is InChI=1S/C16H15Cl2NO2S/c17-15(12-11-14-7-3-1-4-8-14)13-19(18)22(20,21)16-9-5-2-6-10-16/h1-12,15H,13H2/b12-11+. The third kappa shape index (κ3) is 4.58. The van der Waals surface area contributed by atoms with Gasteiger partial charge >= 0.3 is 0 Å². The molecule has 1 unspecified atom stereocenters. The van der Waals surface area contributed by atoms with Crippen LogP contribution in [0.15, 0.2) is 71.6 Å². The maximum atomic E-state index is 12.3. The van der Waals surface area contributed by atoms with Crippen molar-refractivity contribution in [2.24, 2.45) is 0 Å². The Bertz CT molecular complexity index is 718. The molecule has 2 aromatic carbocycles. The Morgan fingerprint density at radius 2 is 1.55 bits per heavy atom. The number of nitrogens with zero attached hydrogens (tertiary/aromatic N) is 1. The number of benzene rings is 2. The van der Waals surface area contributed by atoms with E-state index in [9.17, 15) is 8.42 Å². The van der Waals surface area contributed by atoms with E-state index in [2.05, 4.69) is 0 Å². The molecular weight excluding hydrogens is 341 g/mol. The van der Waals surface area contributed by atoms with E-state index in [0.29, 0.717) is 0 Å². The summed E-state index contributed by atoms with van der Waals surface area (Å²) in [6.07, 6.45) is 3.55. The zero-order valence-corrected chi connectivity index (χ0v) is 14.0. The molecule has 0 saturated carbocycles. The van der Waals surface area contributed by atoms with Crippen molar-refractivity contribution in [3.05, 3.63) is 72.3 Å². The normalized spacial score (nSPS) is 13.6. The summed E-state index contributed by atoms with van der Waals surface area (Å²) in [4.78, 5) is 0.140. The van der Waals surface area contributed by atoms with Gasteiger partial charge in [-0.25, -0.2) is 8.42 Å². The summed E-state index contributed by atoms with van der Waals surface area (Å²) in [5.74, 6) is 0. The lowest BCUT2D eigenvalue weighted by Crippen LogP contribution is -2.27. The molecule has 0 aliphatic rings. The van der Waals surface area contributed by atoms with Crippen molar-refractivity contribution in [1.29, 1.82) is 0 Å². The van der Waals surface area contributed by atoms with E-state index >= 15 is 0 Å². The Hall–Kier alpha value is -1.33.